The molecule has 0 aliphatic rings. The Balaban J connectivity index is 2.84. The van der Waals surface area contributed by atoms with E-state index in [4.69, 9.17) is 0 Å². The Morgan fingerprint density at radius 2 is 1.85 bits per heavy atom. The summed E-state index contributed by atoms with van der Waals surface area (Å²) in [5, 5.41) is 0. The molecule has 0 bridgehead atoms. The van der Waals surface area contributed by atoms with Gasteiger partial charge < -0.3 is 0 Å². The predicted octanol–water partition coefficient (Wildman–Crippen LogP) is 3.83. The van der Waals surface area contributed by atoms with Crippen LogP contribution in [0.4, 0.5) is 0 Å². The zero-order chi connectivity index (χ0) is 9.52. The summed E-state index contributed by atoms with van der Waals surface area (Å²) in [5.41, 5.74) is 2.40. The largest absolute Gasteiger partial charge is 0.103 e. The first kappa shape index (κ1) is 9.53. The van der Waals surface area contributed by atoms with Crippen LogP contribution in [0.25, 0.3) is 6.08 Å². The molecule has 1 aromatic rings. The molecular weight excluding hydrogens is 156 g/mol. The first-order valence-corrected chi connectivity index (χ1v) is 4.36. The van der Waals surface area contributed by atoms with Crippen LogP contribution in [0.3, 0.4) is 0 Å². The fraction of sp³-hybridized carbons (Fsp3) is 0.0769. The van der Waals surface area contributed by atoms with Crippen LogP contribution in [0.5, 0.6) is 0 Å². The molecule has 0 fully saturated rings. The Kier molecular flexibility index (Phi) is 3.77. The normalized spacial score (nSPS) is 10.9. The Morgan fingerprint density at radius 1 is 1.15 bits per heavy atom. The molecule has 0 nitrogen and oxygen atoms in total. The summed E-state index contributed by atoms with van der Waals surface area (Å²) in [6, 6.07) is 10.2. The summed E-state index contributed by atoms with van der Waals surface area (Å²) < 4.78 is 0. The van der Waals surface area contributed by atoms with Crippen LogP contribution in [-0.2, 0) is 0 Å². The number of hydrogen-bond donors (Lipinski definition) is 0. The molecule has 0 N–H and O–H groups in total. The van der Waals surface area contributed by atoms with E-state index in [2.05, 4.69) is 31.4 Å². The van der Waals surface area contributed by atoms with Crippen molar-refractivity contribution in [2.24, 2.45) is 0 Å². The van der Waals surface area contributed by atoms with Crippen molar-refractivity contribution in [1.29, 1.82) is 0 Å². The van der Waals surface area contributed by atoms with Gasteiger partial charge in [-0.15, -0.1) is 6.58 Å². The maximum absolute atomic E-state index is 3.76. The van der Waals surface area contributed by atoms with Crippen molar-refractivity contribution in [1.82, 2.24) is 0 Å². The molecule has 0 atom stereocenters. The number of rotatable bonds is 4. The quantitative estimate of drug-likeness (QED) is 0.476. The SMILES string of the molecule is C=CC/C(C=C)=C\c1ccccc1. The maximum atomic E-state index is 3.76. The van der Waals surface area contributed by atoms with Crippen LogP contribution in [0.15, 0.2) is 61.2 Å². The average molecular weight is 170 g/mol. The van der Waals surface area contributed by atoms with Crippen molar-refractivity contribution in [3.63, 3.8) is 0 Å². The minimum Gasteiger partial charge on any atom is -0.103 e. The minimum absolute atomic E-state index is 0.873. The van der Waals surface area contributed by atoms with E-state index in [1.807, 2.05) is 30.4 Å². The van der Waals surface area contributed by atoms with E-state index < -0.39 is 0 Å². The smallest absolute Gasteiger partial charge is 0.0100 e. The lowest BCUT2D eigenvalue weighted by Crippen LogP contribution is -1.76. The van der Waals surface area contributed by atoms with E-state index in [0.717, 1.165) is 6.42 Å². The van der Waals surface area contributed by atoms with Gasteiger partial charge in [0.25, 0.3) is 0 Å². The highest BCUT2D eigenvalue weighted by Gasteiger charge is 1.89. The zero-order valence-electron chi connectivity index (χ0n) is 7.74. The van der Waals surface area contributed by atoms with Crippen molar-refractivity contribution < 1.29 is 0 Å². The van der Waals surface area contributed by atoms with Gasteiger partial charge in [-0.3, -0.25) is 0 Å². The average Bonchev–Trinajstić information content (AvgIpc) is 2.19. The Morgan fingerprint density at radius 3 is 2.38 bits per heavy atom. The third-order valence-electron chi connectivity index (χ3n) is 1.79. The standard InChI is InChI=1S/C13H14/c1-3-8-12(4-2)11-13-9-6-5-7-10-13/h3-7,9-11H,1-2,8H2/b12-11-. The minimum atomic E-state index is 0.873. The van der Waals surface area contributed by atoms with Gasteiger partial charge in [0.05, 0.1) is 0 Å². The van der Waals surface area contributed by atoms with Gasteiger partial charge in [-0.2, -0.15) is 0 Å². The maximum Gasteiger partial charge on any atom is -0.0100 e. The molecular formula is C13H14. The Labute approximate surface area is 79.9 Å². The summed E-state index contributed by atoms with van der Waals surface area (Å²) >= 11 is 0. The second kappa shape index (κ2) is 5.15. The predicted molar refractivity (Wildman–Crippen MR) is 59.4 cm³/mol. The van der Waals surface area contributed by atoms with Gasteiger partial charge in [0.1, 0.15) is 0 Å². The number of hydrogen-bond acceptors (Lipinski definition) is 0. The molecule has 1 aromatic carbocycles. The molecule has 66 valence electrons. The molecule has 0 heteroatoms. The Hall–Kier alpha value is -1.56. The van der Waals surface area contributed by atoms with Gasteiger partial charge in [-0.1, -0.05) is 55.1 Å². The van der Waals surface area contributed by atoms with Gasteiger partial charge in [-0.25, -0.2) is 0 Å². The van der Waals surface area contributed by atoms with Crippen molar-refractivity contribution >= 4 is 6.08 Å². The van der Waals surface area contributed by atoms with Crippen LogP contribution in [0.2, 0.25) is 0 Å². The molecule has 13 heavy (non-hydrogen) atoms. The highest BCUT2D eigenvalue weighted by atomic mass is 13.9. The number of allylic oxidation sites excluding steroid dienone is 3. The zero-order valence-corrected chi connectivity index (χ0v) is 7.74. The second-order valence-corrected chi connectivity index (χ2v) is 2.83. The summed E-state index contributed by atoms with van der Waals surface area (Å²) in [4.78, 5) is 0. The third kappa shape index (κ3) is 3.12. The van der Waals surface area contributed by atoms with E-state index in [-0.39, 0.29) is 0 Å². The highest BCUT2D eigenvalue weighted by molar-refractivity contribution is 5.55. The second-order valence-electron chi connectivity index (χ2n) is 2.83. The summed E-state index contributed by atoms with van der Waals surface area (Å²) in [6.45, 7) is 7.46. The lowest BCUT2D eigenvalue weighted by Gasteiger charge is -1.97. The van der Waals surface area contributed by atoms with Crippen LogP contribution in [-0.4, -0.2) is 0 Å². The van der Waals surface area contributed by atoms with Crippen molar-refractivity contribution in [3.05, 3.63) is 66.8 Å². The molecule has 0 aliphatic carbocycles. The molecule has 0 aliphatic heterocycles. The first-order valence-electron chi connectivity index (χ1n) is 4.36. The summed E-state index contributed by atoms with van der Waals surface area (Å²) in [6.07, 6.45) is 6.75. The van der Waals surface area contributed by atoms with Gasteiger partial charge in [-0.05, 0) is 17.6 Å². The van der Waals surface area contributed by atoms with Crippen LogP contribution in [0, 0.1) is 0 Å². The molecule has 0 saturated heterocycles. The Bertz CT molecular complexity index is 304. The van der Waals surface area contributed by atoms with Crippen LogP contribution >= 0.6 is 0 Å². The monoisotopic (exact) mass is 170 g/mol. The van der Waals surface area contributed by atoms with E-state index in [1.54, 1.807) is 0 Å². The summed E-state index contributed by atoms with van der Waals surface area (Å²) in [7, 11) is 0. The molecule has 0 radical (unpaired) electrons. The van der Waals surface area contributed by atoms with E-state index >= 15 is 0 Å². The molecule has 0 amide bonds. The topological polar surface area (TPSA) is 0 Å². The highest BCUT2D eigenvalue weighted by Crippen LogP contribution is 2.10. The van der Waals surface area contributed by atoms with Crippen molar-refractivity contribution in [3.8, 4) is 0 Å². The van der Waals surface area contributed by atoms with Gasteiger partial charge in [0.2, 0.25) is 0 Å². The van der Waals surface area contributed by atoms with Gasteiger partial charge in [0, 0.05) is 0 Å². The van der Waals surface area contributed by atoms with E-state index in [1.165, 1.54) is 11.1 Å². The van der Waals surface area contributed by atoms with E-state index in [0.29, 0.717) is 0 Å². The first-order chi connectivity index (χ1) is 6.36. The molecule has 1 rings (SSSR count). The molecule has 0 saturated carbocycles. The fourth-order valence-electron chi connectivity index (χ4n) is 1.13. The van der Waals surface area contributed by atoms with Crippen molar-refractivity contribution in [2.45, 2.75) is 6.42 Å². The van der Waals surface area contributed by atoms with Crippen LogP contribution < -0.4 is 0 Å². The number of benzene rings is 1. The van der Waals surface area contributed by atoms with Crippen LogP contribution in [0.1, 0.15) is 12.0 Å². The lowest BCUT2D eigenvalue weighted by molar-refractivity contribution is 1.32. The molecule has 0 unspecified atom stereocenters. The lowest BCUT2D eigenvalue weighted by atomic mass is 10.1. The molecule has 0 aromatic heterocycles. The fourth-order valence-corrected chi connectivity index (χ4v) is 1.13. The van der Waals surface area contributed by atoms with Crippen molar-refractivity contribution in [2.75, 3.05) is 0 Å². The van der Waals surface area contributed by atoms with Gasteiger partial charge >= 0.3 is 0 Å². The molecule has 0 heterocycles. The molecule has 0 spiro atoms. The van der Waals surface area contributed by atoms with Gasteiger partial charge in [0.15, 0.2) is 0 Å². The summed E-state index contributed by atoms with van der Waals surface area (Å²) in [5.74, 6) is 0. The van der Waals surface area contributed by atoms with E-state index in [9.17, 15) is 0 Å². The third-order valence-corrected chi connectivity index (χ3v) is 1.79.